The molecule has 1 fully saturated rings. The smallest absolute Gasteiger partial charge is 0.325 e. The number of rotatable bonds is 8. The van der Waals surface area contributed by atoms with Gasteiger partial charge in [-0.3, -0.25) is 14.4 Å². The fourth-order valence-electron chi connectivity index (χ4n) is 3.61. The summed E-state index contributed by atoms with van der Waals surface area (Å²) in [5, 5.41) is 0. The van der Waals surface area contributed by atoms with E-state index in [1.165, 1.54) is 26.2 Å². The number of methoxy groups -OCH3 is 3. The molecule has 0 N–H and O–H groups in total. The minimum absolute atomic E-state index is 0.0691. The summed E-state index contributed by atoms with van der Waals surface area (Å²) in [5.74, 6) is -0.440. The van der Waals surface area contributed by atoms with E-state index in [9.17, 15) is 14.4 Å². The summed E-state index contributed by atoms with van der Waals surface area (Å²) in [6, 6.07) is 14.6. The van der Waals surface area contributed by atoms with Gasteiger partial charge in [-0.25, -0.2) is 0 Å². The van der Waals surface area contributed by atoms with E-state index in [2.05, 4.69) is 0 Å². The van der Waals surface area contributed by atoms with Crippen molar-refractivity contribution in [2.24, 2.45) is 5.92 Å². The van der Waals surface area contributed by atoms with Crippen LogP contribution in [0.3, 0.4) is 0 Å². The predicted molar refractivity (Wildman–Crippen MR) is 114 cm³/mol. The molecule has 0 aliphatic carbocycles. The molecule has 0 radical (unpaired) electrons. The van der Waals surface area contributed by atoms with E-state index in [0.29, 0.717) is 17.2 Å². The number of carbonyl (C=O) groups excluding carboxylic acids is 3. The van der Waals surface area contributed by atoms with Crippen molar-refractivity contribution in [2.75, 3.05) is 39.3 Å². The number of hydrogen-bond donors (Lipinski definition) is 0. The Hall–Kier alpha value is -3.55. The lowest BCUT2D eigenvalue weighted by Gasteiger charge is -2.25. The molecule has 0 aromatic heterocycles. The molecular weight excluding hydrogens is 400 g/mol. The van der Waals surface area contributed by atoms with Gasteiger partial charge in [-0.2, -0.15) is 0 Å². The highest BCUT2D eigenvalue weighted by Crippen LogP contribution is 2.34. The Bertz CT molecular complexity index is 946. The zero-order valence-corrected chi connectivity index (χ0v) is 17.9. The number of benzene rings is 2. The molecule has 2 amide bonds. The van der Waals surface area contributed by atoms with Crippen LogP contribution in [0, 0.1) is 5.92 Å². The molecule has 1 aliphatic heterocycles. The van der Waals surface area contributed by atoms with Gasteiger partial charge in [0.1, 0.15) is 6.54 Å². The molecule has 8 nitrogen and oxygen atoms in total. The highest BCUT2D eigenvalue weighted by Gasteiger charge is 2.38. The first-order chi connectivity index (χ1) is 15.0. The number of anilines is 1. The zero-order chi connectivity index (χ0) is 22.4. The fourth-order valence-corrected chi connectivity index (χ4v) is 3.61. The van der Waals surface area contributed by atoms with Crippen molar-refractivity contribution >= 4 is 23.5 Å². The van der Waals surface area contributed by atoms with E-state index >= 15 is 0 Å². The summed E-state index contributed by atoms with van der Waals surface area (Å²) < 4.78 is 15.3. The molecule has 8 heteroatoms. The first-order valence-corrected chi connectivity index (χ1v) is 9.88. The average molecular weight is 426 g/mol. The second-order valence-electron chi connectivity index (χ2n) is 7.20. The second-order valence-corrected chi connectivity index (χ2v) is 7.20. The highest BCUT2D eigenvalue weighted by molar-refractivity contribution is 6.00. The third kappa shape index (κ3) is 5.14. The Morgan fingerprint density at radius 2 is 1.74 bits per heavy atom. The maximum Gasteiger partial charge on any atom is 0.325 e. The number of hydrogen-bond acceptors (Lipinski definition) is 6. The van der Waals surface area contributed by atoms with Crippen LogP contribution in [0.15, 0.2) is 48.5 Å². The molecule has 1 unspecified atom stereocenters. The van der Waals surface area contributed by atoms with Gasteiger partial charge in [0, 0.05) is 31.3 Å². The van der Waals surface area contributed by atoms with Crippen LogP contribution in [0.1, 0.15) is 12.0 Å². The van der Waals surface area contributed by atoms with E-state index in [-0.39, 0.29) is 37.9 Å². The van der Waals surface area contributed by atoms with Gasteiger partial charge < -0.3 is 24.0 Å². The molecule has 2 aromatic carbocycles. The molecule has 164 valence electrons. The number of esters is 1. The third-order valence-electron chi connectivity index (χ3n) is 5.23. The largest absolute Gasteiger partial charge is 0.493 e. The Labute approximate surface area is 181 Å². The van der Waals surface area contributed by atoms with Crippen molar-refractivity contribution in [3.8, 4) is 11.5 Å². The maximum absolute atomic E-state index is 13.2. The van der Waals surface area contributed by atoms with E-state index in [4.69, 9.17) is 14.2 Å². The Morgan fingerprint density at radius 3 is 2.39 bits per heavy atom. The van der Waals surface area contributed by atoms with Crippen LogP contribution in [-0.2, 0) is 25.7 Å². The highest BCUT2D eigenvalue weighted by atomic mass is 16.5. The zero-order valence-electron chi connectivity index (χ0n) is 17.9. The van der Waals surface area contributed by atoms with Crippen molar-refractivity contribution in [1.82, 2.24) is 4.90 Å². The first kappa shape index (κ1) is 22.1. The van der Waals surface area contributed by atoms with E-state index in [0.717, 1.165) is 5.56 Å². The van der Waals surface area contributed by atoms with E-state index < -0.39 is 11.9 Å². The molecule has 31 heavy (non-hydrogen) atoms. The van der Waals surface area contributed by atoms with Crippen LogP contribution in [0.5, 0.6) is 11.5 Å². The van der Waals surface area contributed by atoms with Crippen LogP contribution in [0.4, 0.5) is 5.69 Å². The molecule has 1 heterocycles. The van der Waals surface area contributed by atoms with Gasteiger partial charge in [-0.05, 0) is 17.7 Å². The van der Waals surface area contributed by atoms with Crippen LogP contribution in [0.25, 0.3) is 0 Å². The van der Waals surface area contributed by atoms with Crippen LogP contribution in [0.2, 0.25) is 0 Å². The second kappa shape index (κ2) is 9.97. The third-order valence-corrected chi connectivity index (χ3v) is 5.23. The lowest BCUT2D eigenvalue weighted by molar-refractivity contribution is -0.148. The lowest BCUT2D eigenvalue weighted by Crippen LogP contribution is -2.40. The normalized spacial score (nSPS) is 15.5. The summed E-state index contributed by atoms with van der Waals surface area (Å²) in [7, 11) is 4.34. The van der Waals surface area contributed by atoms with Crippen molar-refractivity contribution in [1.29, 1.82) is 0 Å². The fraction of sp³-hybridized carbons (Fsp3) is 0.348. The summed E-state index contributed by atoms with van der Waals surface area (Å²) in [5.41, 5.74) is 1.52. The van der Waals surface area contributed by atoms with Gasteiger partial charge in [0.25, 0.3) is 0 Å². The molecule has 1 atom stereocenters. The van der Waals surface area contributed by atoms with Gasteiger partial charge in [-0.1, -0.05) is 30.3 Å². The number of amides is 2. The van der Waals surface area contributed by atoms with Crippen molar-refractivity contribution < 1.29 is 28.6 Å². The van der Waals surface area contributed by atoms with Gasteiger partial charge in [0.15, 0.2) is 11.5 Å². The van der Waals surface area contributed by atoms with Crippen molar-refractivity contribution in [2.45, 2.75) is 13.0 Å². The molecule has 0 spiro atoms. The topological polar surface area (TPSA) is 85.4 Å². The first-order valence-electron chi connectivity index (χ1n) is 9.88. The number of ether oxygens (including phenoxy) is 3. The maximum atomic E-state index is 13.2. The van der Waals surface area contributed by atoms with Crippen LogP contribution >= 0.6 is 0 Å². The lowest BCUT2D eigenvalue weighted by atomic mass is 10.1. The average Bonchev–Trinajstić information content (AvgIpc) is 3.19. The molecule has 1 aliphatic rings. The summed E-state index contributed by atoms with van der Waals surface area (Å²) >= 11 is 0. The van der Waals surface area contributed by atoms with Crippen LogP contribution in [-0.4, -0.2) is 57.1 Å². The number of nitrogens with zero attached hydrogens (tertiary/aromatic N) is 2. The van der Waals surface area contributed by atoms with Gasteiger partial charge in [0.05, 0.1) is 27.2 Å². The predicted octanol–water partition coefficient (Wildman–Crippen LogP) is 2.26. The molecule has 2 aromatic rings. The van der Waals surface area contributed by atoms with Gasteiger partial charge in [0.2, 0.25) is 11.8 Å². The SMILES string of the molecule is COC(=O)CN(Cc1ccccc1)C(=O)C1CC(=O)N(c2ccc(OC)c(OC)c2)C1. The summed E-state index contributed by atoms with van der Waals surface area (Å²) in [4.78, 5) is 40.8. The van der Waals surface area contributed by atoms with Crippen molar-refractivity contribution in [3.63, 3.8) is 0 Å². The van der Waals surface area contributed by atoms with Crippen molar-refractivity contribution in [3.05, 3.63) is 54.1 Å². The molecule has 3 rings (SSSR count). The minimum Gasteiger partial charge on any atom is -0.493 e. The molecule has 0 saturated carbocycles. The van der Waals surface area contributed by atoms with E-state index in [1.54, 1.807) is 23.1 Å². The standard InChI is InChI=1S/C23H26N2O6/c1-29-19-10-9-18(12-20(19)30-2)25-14-17(11-21(25)26)23(28)24(15-22(27)31-3)13-16-7-5-4-6-8-16/h4-10,12,17H,11,13-15H2,1-3H3. The minimum atomic E-state index is -0.561. The Kier molecular flexibility index (Phi) is 7.12. The number of carbonyl (C=O) groups is 3. The summed E-state index contributed by atoms with van der Waals surface area (Å²) in [6.45, 7) is 0.306. The molecular formula is C23H26N2O6. The Balaban J connectivity index is 1.78. The van der Waals surface area contributed by atoms with E-state index in [1.807, 2.05) is 30.3 Å². The molecule has 1 saturated heterocycles. The monoisotopic (exact) mass is 426 g/mol. The van der Waals surface area contributed by atoms with Gasteiger partial charge in [-0.15, -0.1) is 0 Å². The summed E-state index contributed by atoms with van der Waals surface area (Å²) in [6.07, 6.45) is 0.0691. The van der Waals surface area contributed by atoms with Gasteiger partial charge >= 0.3 is 5.97 Å². The Morgan fingerprint density at radius 1 is 1.03 bits per heavy atom. The van der Waals surface area contributed by atoms with Crippen LogP contribution < -0.4 is 14.4 Å². The molecule has 0 bridgehead atoms. The quantitative estimate of drug-likeness (QED) is 0.602.